The molecular formula is C48H58BrNO12. The first kappa shape index (κ1) is 47.1. The summed E-state index contributed by atoms with van der Waals surface area (Å²) in [7, 11) is 1.52. The van der Waals surface area contributed by atoms with E-state index in [0.717, 1.165) is 16.7 Å². The number of esters is 1. The van der Waals surface area contributed by atoms with E-state index in [9.17, 15) is 19.5 Å². The average molecular weight is 921 g/mol. The minimum absolute atomic E-state index is 0.120. The van der Waals surface area contributed by atoms with Crippen molar-refractivity contribution in [2.75, 3.05) is 20.3 Å². The first-order valence-electron chi connectivity index (χ1n) is 21.1. The molecule has 0 bridgehead atoms. The highest BCUT2D eigenvalue weighted by Gasteiger charge is 2.54. The lowest BCUT2D eigenvalue weighted by atomic mass is 9.86. The largest absolute Gasteiger partial charge is 0.461 e. The number of amides is 2. The summed E-state index contributed by atoms with van der Waals surface area (Å²) >= 11 is 3.64. The van der Waals surface area contributed by atoms with E-state index < -0.39 is 72.3 Å². The van der Waals surface area contributed by atoms with E-state index in [1.165, 1.54) is 18.9 Å². The molecule has 1 N–H and O–H groups in total. The van der Waals surface area contributed by atoms with Crippen LogP contribution in [0.1, 0.15) is 75.4 Å². The molecular weight excluding hydrogens is 862 g/mol. The van der Waals surface area contributed by atoms with Gasteiger partial charge >= 0.3 is 12.1 Å². The number of furan rings is 1. The lowest BCUT2D eigenvalue weighted by Gasteiger charge is -2.45. The standard InChI is InChI=1S/C48H58BrNO12/c1-30(2)44-48(4,5)62-47(54)50(44)45(53)35(25-32-17-10-7-11-18-32)40(59-31(3)52)38-26-36(49)37(60-38)23-16-24-56-43-42(58-29-34-21-14-9-15-22-34)41(39(27-51)61-46(43)55-6)57-28-33-19-12-8-13-20-33/h7-15,17-22,26,30,35,39-44,46,51H,16,23-25,27-29H2,1-6H3/t35-,39-,40-,41-,42+,43+,44-,46+/m1/s1. The summed E-state index contributed by atoms with van der Waals surface area (Å²) in [6.45, 7) is 9.15. The van der Waals surface area contributed by atoms with Gasteiger partial charge in [-0.15, -0.1) is 0 Å². The number of hydrogen-bond acceptors (Lipinski definition) is 12. The Morgan fingerprint density at radius 2 is 1.44 bits per heavy atom. The van der Waals surface area contributed by atoms with Crippen LogP contribution in [0.3, 0.4) is 0 Å². The third kappa shape index (κ3) is 11.6. The van der Waals surface area contributed by atoms with Crippen molar-refractivity contribution >= 4 is 33.9 Å². The summed E-state index contributed by atoms with van der Waals surface area (Å²) in [5, 5.41) is 10.4. The van der Waals surface area contributed by atoms with Gasteiger partial charge in [0, 0.05) is 27.1 Å². The number of halogens is 1. The van der Waals surface area contributed by atoms with Crippen molar-refractivity contribution in [2.24, 2.45) is 11.8 Å². The number of ether oxygens (including phenoxy) is 7. The predicted octanol–water partition coefficient (Wildman–Crippen LogP) is 8.14. The number of aliphatic hydroxyl groups is 1. The fraction of sp³-hybridized carbons (Fsp3) is 0.479. The van der Waals surface area contributed by atoms with E-state index in [1.54, 1.807) is 19.9 Å². The van der Waals surface area contributed by atoms with Crippen LogP contribution in [0.25, 0.3) is 0 Å². The number of cyclic esters (lactones) is 1. The number of methoxy groups -OCH3 is 1. The van der Waals surface area contributed by atoms with Crippen LogP contribution in [0.4, 0.5) is 4.79 Å². The van der Waals surface area contributed by atoms with E-state index in [-0.39, 0.29) is 44.5 Å². The monoisotopic (exact) mass is 919 g/mol. The third-order valence-electron chi connectivity index (χ3n) is 11.2. The summed E-state index contributed by atoms with van der Waals surface area (Å²) < 4.78 is 50.1. The number of carbonyl (C=O) groups excluding carboxylic acids is 3. The second kappa shape index (κ2) is 21.8. The van der Waals surface area contributed by atoms with Gasteiger partial charge in [0.1, 0.15) is 41.5 Å². The van der Waals surface area contributed by atoms with Crippen LogP contribution in [0, 0.1) is 11.8 Å². The molecule has 2 saturated heterocycles. The topological polar surface area (TPSA) is 152 Å². The summed E-state index contributed by atoms with van der Waals surface area (Å²) in [6.07, 6.45) is -4.65. The molecule has 13 nitrogen and oxygen atoms in total. The molecule has 0 saturated carbocycles. The molecule has 334 valence electrons. The van der Waals surface area contributed by atoms with E-state index in [2.05, 4.69) is 15.9 Å². The Hall–Kier alpha value is -4.41. The number of nitrogens with zero attached hydrogens (tertiary/aromatic N) is 1. The van der Waals surface area contributed by atoms with Gasteiger partial charge in [0.2, 0.25) is 5.91 Å². The maximum Gasteiger partial charge on any atom is 0.417 e. The fourth-order valence-electron chi connectivity index (χ4n) is 8.48. The van der Waals surface area contributed by atoms with Crippen molar-refractivity contribution in [2.45, 2.75) is 116 Å². The van der Waals surface area contributed by atoms with Gasteiger partial charge in [-0.1, -0.05) is 105 Å². The van der Waals surface area contributed by atoms with Crippen molar-refractivity contribution in [1.82, 2.24) is 4.90 Å². The number of rotatable bonds is 20. The summed E-state index contributed by atoms with van der Waals surface area (Å²) in [6, 6.07) is 30.0. The molecule has 2 aliphatic rings. The first-order valence-corrected chi connectivity index (χ1v) is 21.9. The molecule has 3 heterocycles. The van der Waals surface area contributed by atoms with Gasteiger partial charge < -0.3 is 42.7 Å². The molecule has 8 atom stereocenters. The summed E-state index contributed by atoms with van der Waals surface area (Å²) in [4.78, 5) is 42.0. The number of benzene rings is 3. The summed E-state index contributed by atoms with van der Waals surface area (Å²) in [5.74, 6) is -1.52. The zero-order chi connectivity index (χ0) is 44.4. The van der Waals surface area contributed by atoms with Crippen LogP contribution in [0.15, 0.2) is 106 Å². The second-order valence-corrected chi connectivity index (χ2v) is 17.4. The molecule has 6 rings (SSSR count). The van der Waals surface area contributed by atoms with Crippen molar-refractivity contribution in [3.05, 3.63) is 130 Å². The number of imide groups is 1. The Bertz CT molecular complexity index is 2040. The maximum absolute atomic E-state index is 14.7. The van der Waals surface area contributed by atoms with Gasteiger partial charge in [-0.25, -0.2) is 9.69 Å². The number of aliphatic hydroxyl groups excluding tert-OH is 1. The van der Waals surface area contributed by atoms with Crippen LogP contribution in [0.2, 0.25) is 0 Å². The maximum atomic E-state index is 14.7. The van der Waals surface area contributed by atoms with Crippen LogP contribution < -0.4 is 0 Å². The molecule has 0 aliphatic carbocycles. The van der Waals surface area contributed by atoms with E-state index in [1.807, 2.05) is 105 Å². The molecule has 2 amide bonds. The van der Waals surface area contributed by atoms with Crippen molar-refractivity contribution in [3.8, 4) is 0 Å². The molecule has 62 heavy (non-hydrogen) atoms. The van der Waals surface area contributed by atoms with E-state index >= 15 is 0 Å². The third-order valence-corrected chi connectivity index (χ3v) is 11.8. The minimum atomic E-state index is -1.18. The molecule has 2 fully saturated rings. The fourth-order valence-corrected chi connectivity index (χ4v) is 8.98. The molecule has 0 spiro atoms. The Morgan fingerprint density at radius 1 is 0.855 bits per heavy atom. The van der Waals surface area contributed by atoms with Crippen molar-refractivity contribution in [3.63, 3.8) is 0 Å². The molecule has 2 aliphatic heterocycles. The Morgan fingerprint density at radius 3 is 1.98 bits per heavy atom. The highest BCUT2D eigenvalue weighted by atomic mass is 79.9. The zero-order valence-electron chi connectivity index (χ0n) is 36.1. The first-order chi connectivity index (χ1) is 29.8. The van der Waals surface area contributed by atoms with Gasteiger partial charge in [-0.05, 0) is 71.3 Å². The van der Waals surface area contributed by atoms with Gasteiger partial charge in [0.15, 0.2) is 12.4 Å². The highest BCUT2D eigenvalue weighted by Crippen LogP contribution is 2.40. The van der Waals surface area contributed by atoms with E-state index in [0.29, 0.717) is 23.1 Å². The second-order valence-electron chi connectivity index (χ2n) is 16.5. The van der Waals surface area contributed by atoms with Crippen LogP contribution >= 0.6 is 15.9 Å². The molecule has 1 aromatic heterocycles. The van der Waals surface area contributed by atoms with E-state index in [4.69, 9.17) is 37.6 Å². The number of aryl methyl sites for hydroxylation is 1. The van der Waals surface area contributed by atoms with Crippen LogP contribution in [-0.4, -0.2) is 90.6 Å². The lowest BCUT2D eigenvalue weighted by molar-refractivity contribution is -0.319. The average Bonchev–Trinajstić information content (AvgIpc) is 3.75. The van der Waals surface area contributed by atoms with Gasteiger partial charge in [-0.3, -0.25) is 9.59 Å². The molecule has 14 heteroatoms. The Kier molecular flexibility index (Phi) is 16.5. The predicted molar refractivity (Wildman–Crippen MR) is 231 cm³/mol. The normalized spacial score (nSPS) is 23.2. The van der Waals surface area contributed by atoms with Gasteiger partial charge in [0.25, 0.3) is 0 Å². The SMILES string of the molecule is CO[C@H]1O[C@H](CO)[C@@H](OCc2ccccc2)[C@H](OCc2ccccc2)[C@@H]1OCCCc1oc([C@H](OC(C)=O)[C@@H](Cc2ccccc2)C(=O)N2C(=O)OC(C)(C)[C@H]2C(C)C)cc1Br. The van der Waals surface area contributed by atoms with Gasteiger partial charge in [-0.2, -0.15) is 0 Å². The molecule has 3 aromatic carbocycles. The smallest absolute Gasteiger partial charge is 0.417 e. The highest BCUT2D eigenvalue weighted by molar-refractivity contribution is 9.10. The zero-order valence-corrected chi connectivity index (χ0v) is 37.7. The number of carbonyl (C=O) groups is 3. The molecule has 0 radical (unpaired) electrons. The van der Waals surface area contributed by atoms with Crippen molar-refractivity contribution in [1.29, 1.82) is 0 Å². The summed E-state index contributed by atoms with van der Waals surface area (Å²) in [5.41, 5.74) is 1.78. The Labute approximate surface area is 372 Å². The number of hydrogen-bond donors (Lipinski definition) is 1. The minimum Gasteiger partial charge on any atom is -0.461 e. The van der Waals surface area contributed by atoms with Crippen LogP contribution in [-0.2, 0) is 68.8 Å². The molecule has 0 unspecified atom stereocenters. The Balaban J connectivity index is 1.21. The lowest BCUT2D eigenvalue weighted by Crippen LogP contribution is -2.61. The molecule has 4 aromatic rings. The van der Waals surface area contributed by atoms with Crippen molar-refractivity contribution < 1.29 is 57.1 Å². The van der Waals surface area contributed by atoms with Crippen LogP contribution in [0.5, 0.6) is 0 Å². The van der Waals surface area contributed by atoms with Gasteiger partial charge in [0.05, 0.1) is 36.3 Å². The quantitative estimate of drug-likeness (QED) is 0.0673.